The Balaban J connectivity index is 1.63. The van der Waals surface area contributed by atoms with E-state index in [-0.39, 0.29) is 37.2 Å². The molecule has 0 fully saturated rings. The van der Waals surface area contributed by atoms with E-state index in [1.807, 2.05) is 37.3 Å². The Kier molecular flexibility index (Phi) is 9.08. The van der Waals surface area contributed by atoms with E-state index >= 15 is 0 Å². The Morgan fingerprint density at radius 3 is 2.28 bits per heavy atom. The Bertz CT molecular complexity index is 1300. The highest BCUT2D eigenvalue weighted by Gasteiger charge is 2.21. The quantitative estimate of drug-likeness (QED) is 0.399. The van der Waals surface area contributed by atoms with Crippen LogP contribution in [-0.2, 0) is 14.8 Å². The van der Waals surface area contributed by atoms with Crippen molar-refractivity contribution in [2.24, 2.45) is 0 Å². The van der Waals surface area contributed by atoms with Crippen molar-refractivity contribution in [3.63, 3.8) is 0 Å². The first-order valence-electron chi connectivity index (χ1n) is 11.6. The van der Waals surface area contributed by atoms with E-state index in [4.69, 9.17) is 4.74 Å². The van der Waals surface area contributed by atoms with Crippen LogP contribution in [0.25, 0.3) is 0 Å². The fourth-order valence-corrected chi connectivity index (χ4v) is 4.76. The fraction of sp³-hybridized carbons (Fsp3) is 0.259. The summed E-state index contributed by atoms with van der Waals surface area (Å²) in [6, 6.07) is 23.0. The van der Waals surface area contributed by atoms with E-state index in [0.29, 0.717) is 22.7 Å². The summed E-state index contributed by atoms with van der Waals surface area (Å²) in [5.41, 5.74) is 2.13. The molecular formula is C27H31N3O5S. The van der Waals surface area contributed by atoms with E-state index in [1.165, 1.54) is 11.4 Å². The fourth-order valence-electron chi connectivity index (χ4n) is 3.79. The predicted octanol–water partition coefficient (Wildman–Crippen LogP) is 4.37. The molecule has 0 saturated carbocycles. The number of amides is 2. The minimum Gasteiger partial charge on any atom is -0.495 e. The summed E-state index contributed by atoms with van der Waals surface area (Å²) in [5.74, 6) is -0.196. The molecule has 1 atom stereocenters. The van der Waals surface area contributed by atoms with E-state index in [0.717, 1.165) is 11.8 Å². The molecule has 0 heterocycles. The maximum absolute atomic E-state index is 12.9. The third-order valence-electron chi connectivity index (χ3n) is 5.61. The number of ether oxygens (including phenoxy) is 1. The number of para-hydroxylation sites is 3. The summed E-state index contributed by atoms with van der Waals surface area (Å²) in [4.78, 5) is 25.6. The predicted molar refractivity (Wildman–Crippen MR) is 142 cm³/mol. The van der Waals surface area contributed by atoms with Crippen molar-refractivity contribution in [3.8, 4) is 5.75 Å². The lowest BCUT2D eigenvalue weighted by Crippen LogP contribution is -2.32. The second-order valence-electron chi connectivity index (χ2n) is 8.31. The lowest BCUT2D eigenvalue weighted by Gasteiger charge is -2.24. The molecule has 0 aliphatic carbocycles. The zero-order valence-electron chi connectivity index (χ0n) is 20.6. The molecule has 1 unspecified atom stereocenters. The van der Waals surface area contributed by atoms with Gasteiger partial charge in [0.1, 0.15) is 5.75 Å². The minimum atomic E-state index is -3.59. The van der Waals surface area contributed by atoms with Crippen LogP contribution < -0.4 is 19.7 Å². The highest BCUT2D eigenvalue weighted by atomic mass is 32.2. The molecule has 0 aliphatic rings. The normalized spacial score (nSPS) is 11.9. The number of carbonyl (C=O) groups excluding carboxylic acids is 2. The van der Waals surface area contributed by atoms with Crippen molar-refractivity contribution in [2.45, 2.75) is 25.8 Å². The number of anilines is 2. The number of carbonyl (C=O) groups is 2. The Morgan fingerprint density at radius 2 is 1.58 bits per heavy atom. The second-order valence-corrected chi connectivity index (χ2v) is 10.2. The summed E-state index contributed by atoms with van der Waals surface area (Å²) in [6.45, 7) is 1.99. The minimum absolute atomic E-state index is 0.0670. The van der Waals surface area contributed by atoms with Crippen molar-refractivity contribution in [1.82, 2.24) is 5.32 Å². The average molecular weight is 510 g/mol. The number of hydrogen-bond acceptors (Lipinski definition) is 5. The van der Waals surface area contributed by atoms with Gasteiger partial charge in [0, 0.05) is 13.0 Å². The standard InChI is InChI=1S/C27H31N3O5S/c1-20(21-12-5-4-6-13-21)28-27(32)22-14-7-8-15-23(22)29-26(31)18-11-19-30(36(3,33)34)24-16-9-10-17-25(24)35-2/h4-10,12-17,20H,11,18-19H2,1-3H3,(H,28,32)(H,29,31). The molecule has 2 N–H and O–H groups in total. The van der Waals surface area contributed by atoms with Crippen molar-refractivity contribution < 1.29 is 22.7 Å². The van der Waals surface area contributed by atoms with Gasteiger partial charge in [-0.25, -0.2) is 8.42 Å². The van der Waals surface area contributed by atoms with Gasteiger partial charge in [-0.3, -0.25) is 13.9 Å². The molecule has 3 aromatic carbocycles. The molecule has 2 amide bonds. The SMILES string of the molecule is COc1ccccc1N(CCCC(=O)Nc1ccccc1C(=O)NC(C)c1ccccc1)S(C)(=O)=O. The summed E-state index contributed by atoms with van der Waals surface area (Å²) in [6.07, 6.45) is 1.46. The summed E-state index contributed by atoms with van der Waals surface area (Å²) >= 11 is 0. The number of hydrogen-bond donors (Lipinski definition) is 2. The zero-order valence-corrected chi connectivity index (χ0v) is 21.4. The van der Waals surface area contributed by atoms with Crippen LogP contribution in [-0.4, -0.2) is 40.1 Å². The van der Waals surface area contributed by atoms with Crippen LogP contribution in [0, 0.1) is 0 Å². The number of benzene rings is 3. The third-order valence-corrected chi connectivity index (χ3v) is 6.79. The highest BCUT2D eigenvalue weighted by molar-refractivity contribution is 7.92. The van der Waals surface area contributed by atoms with E-state index < -0.39 is 10.0 Å². The molecule has 0 spiro atoms. The molecule has 0 radical (unpaired) electrons. The zero-order chi connectivity index (χ0) is 26.1. The number of nitrogens with zero attached hydrogens (tertiary/aromatic N) is 1. The van der Waals surface area contributed by atoms with Gasteiger partial charge in [-0.2, -0.15) is 0 Å². The maximum Gasteiger partial charge on any atom is 0.253 e. The Hall–Kier alpha value is -3.85. The summed E-state index contributed by atoms with van der Waals surface area (Å²) in [7, 11) is -2.12. The first-order chi connectivity index (χ1) is 17.2. The highest BCUT2D eigenvalue weighted by Crippen LogP contribution is 2.29. The van der Waals surface area contributed by atoms with Gasteiger partial charge in [-0.05, 0) is 43.2 Å². The first kappa shape index (κ1) is 26.7. The first-order valence-corrected chi connectivity index (χ1v) is 13.4. The van der Waals surface area contributed by atoms with Gasteiger partial charge in [0.15, 0.2) is 0 Å². The molecule has 9 heteroatoms. The molecule has 190 valence electrons. The van der Waals surface area contributed by atoms with Crippen LogP contribution in [0.1, 0.15) is 41.7 Å². The van der Waals surface area contributed by atoms with Crippen LogP contribution in [0.15, 0.2) is 78.9 Å². The van der Waals surface area contributed by atoms with Crippen LogP contribution in [0.3, 0.4) is 0 Å². The number of nitrogens with one attached hydrogen (secondary N) is 2. The Labute approximate surface area is 212 Å². The van der Waals surface area contributed by atoms with Crippen molar-refractivity contribution in [3.05, 3.63) is 90.0 Å². The smallest absolute Gasteiger partial charge is 0.253 e. The van der Waals surface area contributed by atoms with Crippen molar-refractivity contribution in [1.29, 1.82) is 0 Å². The molecule has 3 rings (SSSR count). The lowest BCUT2D eigenvalue weighted by atomic mass is 10.1. The number of rotatable bonds is 11. The van der Waals surface area contributed by atoms with Gasteiger partial charge in [0.25, 0.3) is 5.91 Å². The summed E-state index contributed by atoms with van der Waals surface area (Å²) in [5, 5.41) is 5.74. The molecule has 0 saturated heterocycles. The van der Waals surface area contributed by atoms with Gasteiger partial charge < -0.3 is 15.4 Å². The van der Waals surface area contributed by atoms with Crippen LogP contribution in [0.4, 0.5) is 11.4 Å². The lowest BCUT2D eigenvalue weighted by molar-refractivity contribution is -0.116. The van der Waals surface area contributed by atoms with Gasteiger partial charge in [0.05, 0.1) is 36.3 Å². The molecule has 36 heavy (non-hydrogen) atoms. The van der Waals surface area contributed by atoms with Crippen LogP contribution in [0.2, 0.25) is 0 Å². The van der Waals surface area contributed by atoms with Crippen molar-refractivity contribution in [2.75, 3.05) is 29.5 Å². The summed E-state index contributed by atoms with van der Waals surface area (Å²) < 4.78 is 31.3. The van der Waals surface area contributed by atoms with Gasteiger partial charge in [-0.15, -0.1) is 0 Å². The second kappa shape index (κ2) is 12.2. The topological polar surface area (TPSA) is 105 Å². The average Bonchev–Trinajstić information content (AvgIpc) is 2.86. The largest absolute Gasteiger partial charge is 0.495 e. The molecular weight excluding hydrogens is 478 g/mol. The van der Waals surface area contributed by atoms with Gasteiger partial charge >= 0.3 is 0 Å². The molecule has 3 aromatic rings. The van der Waals surface area contributed by atoms with Crippen LogP contribution >= 0.6 is 0 Å². The number of sulfonamides is 1. The monoisotopic (exact) mass is 509 g/mol. The van der Waals surface area contributed by atoms with Crippen molar-refractivity contribution >= 4 is 33.2 Å². The molecule has 8 nitrogen and oxygen atoms in total. The molecule has 0 aliphatic heterocycles. The molecule has 0 aromatic heterocycles. The van der Waals surface area contributed by atoms with Gasteiger partial charge in [-0.1, -0.05) is 54.6 Å². The van der Waals surface area contributed by atoms with E-state index in [1.54, 1.807) is 48.5 Å². The maximum atomic E-state index is 12.9. The number of methoxy groups -OCH3 is 1. The van der Waals surface area contributed by atoms with Crippen LogP contribution in [0.5, 0.6) is 5.75 Å². The third kappa shape index (κ3) is 7.08. The van der Waals surface area contributed by atoms with E-state index in [2.05, 4.69) is 10.6 Å². The van der Waals surface area contributed by atoms with Gasteiger partial charge in [0.2, 0.25) is 15.9 Å². The van der Waals surface area contributed by atoms with E-state index in [9.17, 15) is 18.0 Å². The molecule has 0 bridgehead atoms. The Morgan fingerprint density at radius 1 is 0.944 bits per heavy atom.